The fourth-order valence-electron chi connectivity index (χ4n) is 1.24. The van der Waals surface area contributed by atoms with Crippen molar-refractivity contribution >= 4 is 12.3 Å². The minimum atomic E-state index is -2.11. The number of aliphatic hydroxyl groups excluding tert-OH is 2. The average molecular weight is 228 g/mol. The summed E-state index contributed by atoms with van der Waals surface area (Å²) in [6.07, 6.45) is -3.81. The Morgan fingerprint density at radius 1 is 1.38 bits per heavy atom. The highest BCUT2D eigenvalue weighted by molar-refractivity contribution is 5.79. The molecule has 0 aliphatic heterocycles. The Morgan fingerprint density at radius 2 is 2.00 bits per heavy atom. The first-order valence-electron chi connectivity index (χ1n) is 4.31. The van der Waals surface area contributed by atoms with E-state index < -0.39 is 29.6 Å². The van der Waals surface area contributed by atoms with Gasteiger partial charge in [0, 0.05) is 0 Å². The number of hydrogen-bond donors (Lipinski definition) is 3. The van der Waals surface area contributed by atoms with E-state index in [0.29, 0.717) is 0 Å². The zero-order valence-electron chi connectivity index (χ0n) is 8.00. The minimum absolute atomic E-state index is 0.155. The molecule has 2 atom stereocenters. The second-order valence-electron chi connectivity index (χ2n) is 3.09. The van der Waals surface area contributed by atoms with Crippen LogP contribution in [0.1, 0.15) is 22.0 Å². The molecule has 5 nitrogen and oxygen atoms in total. The van der Waals surface area contributed by atoms with Crippen LogP contribution in [0.2, 0.25) is 0 Å². The highest BCUT2D eigenvalue weighted by Gasteiger charge is 2.27. The number of hydrogen-bond acceptors (Lipinski definition) is 4. The number of rotatable bonds is 4. The molecule has 0 heterocycles. The normalized spacial score (nSPS) is 14.2. The van der Waals surface area contributed by atoms with Crippen LogP contribution in [0.25, 0.3) is 0 Å². The lowest BCUT2D eigenvalue weighted by Crippen LogP contribution is -2.28. The van der Waals surface area contributed by atoms with Crippen molar-refractivity contribution in [3.8, 4) is 0 Å². The van der Waals surface area contributed by atoms with E-state index in [0.717, 1.165) is 6.07 Å². The number of halogens is 1. The first-order valence-corrected chi connectivity index (χ1v) is 4.31. The summed E-state index contributed by atoms with van der Waals surface area (Å²) in [5.41, 5.74) is -0.722. The van der Waals surface area contributed by atoms with E-state index in [9.17, 15) is 19.1 Å². The third kappa shape index (κ3) is 2.23. The molecule has 2 unspecified atom stereocenters. The van der Waals surface area contributed by atoms with Crippen molar-refractivity contribution in [1.29, 1.82) is 0 Å². The van der Waals surface area contributed by atoms with Crippen LogP contribution in [0, 0.1) is 5.82 Å². The Hall–Kier alpha value is -1.79. The summed E-state index contributed by atoms with van der Waals surface area (Å²) in [6.45, 7) is 0. The highest BCUT2D eigenvalue weighted by Crippen LogP contribution is 2.22. The lowest BCUT2D eigenvalue weighted by molar-refractivity contribution is -0.153. The average Bonchev–Trinajstić information content (AvgIpc) is 2.26. The summed E-state index contributed by atoms with van der Waals surface area (Å²) in [6, 6.07) is 3.37. The lowest BCUT2D eigenvalue weighted by atomic mass is 9.99. The van der Waals surface area contributed by atoms with E-state index >= 15 is 0 Å². The monoisotopic (exact) mass is 228 g/mol. The number of carboxylic acids is 1. The summed E-state index contributed by atoms with van der Waals surface area (Å²) in [5, 5.41) is 27.0. The number of aliphatic carboxylic acids is 1. The maximum Gasteiger partial charge on any atom is 0.335 e. The van der Waals surface area contributed by atoms with Gasteiger partial charge in [-0.2, -0.15) is 0 Å². The van der Waals surface area contributed by atoms with Gasteiger partial charge < -0.3 is 15.3 Å². The third-order valence-electron chi connectivity index (χ3n) is 2.08. The van der Waals surface area contributed by atoms with Gasteiger partial charge in [0.15, 0.2) is 12.4 Å². The Kier molecular flexibility index (Phi) is 3.70. The van der Waals surface area contributed by atoms with Crippen LogP contribution < -0.4 is 0 Å². The van der Waals surface area contributed by atoms with Gasteiger partial charge in [-0.3, -0.25) is 4.79 Å². The van der Waals surface area contributed by atoms with Crippen LogP contribution in [0.3, 0.4) is 0 Å². The second kappa shape index (κ2) is 4.82. The molecule has 0 amide bonds. The van der Waals surface area contributed by atoms with Crippen LogP contribution in [0.4, 0.5) is 4.39 Å². The number of carbonyl (C=O) groups is 2. The van der Waals surface area contributed by atoms with Crippen molar-refractivity contribution < 1.29 is 29.3 Å². The third-order valence-corrected chi connectivity index (χ3v) is 2.08. The van der Waals surface area contributed by atoms with Crippen LogP contribution in [-0.4, -0.2) is 33.7 Å². The molecule has 0 fully saturated rings. The zero-order chi connectivity index (χ0) is 12.3. The molecular weight excluding hydrogens is 219 g/mol. The quantitative estimate of drug-likeness (QED) is 0.636. The Morgan fingerprint density at radius 3 is 2.50 bits per heavy atom. The largest absolute Gasteiger partial charge is 0.479 e. The number of aliphatic hydroxyl groups is 2. The standard InChI is InChI=1S/C10H9FO5/c11-7-3-1-2-5(6(7)4-12)8(13)9(14)10(15)16/h1-4,8-9,13-14H,(H,15,16). The van der Waals surface area contributed by atoms with E-state index in [1.807, 2.05) is 0 Å². The van der Waals surface area contributed by atoms with E-state index in [2.05, 4.69) is 0 Å². The molecule has 0 spiro atoms. The molecule has 0 saturated carbocycles. The molecule has 6 heteroatoms. The van der Waals surface area contributed by atoms with Crippen molar-refractivity contribution in [3.63, 3.8) is 0 Å². The van der Waals surface area contributed by atoms with E-state index in [1.165, 1.54) is 12.1 Å². The number of carboxylic acid groups (broad SMARTS) is 1. The summed E-state index contributed by atoms with van der Waals surface area (Å²) in [7, 11) is 0. The van der Waals surface area contributed by atoms with Crippen molar-refractivity contribution in [3.05, 3.63) is 35.1 Å². The number of carbonyl (C=O) groups excluding carboxylic acids is 1. The predicted octanol–water partition coefficient (Wildman–Crippen LogP) is 0.117. The van der Waals surface area contributed by atoms with Crippen molar-refractivity contribution in [2.24, 2.45) is 0 Å². The van der Waals surface area contributed by atoms with Gasteiger partial charge in [0.2, 0.25) is 0 Å². The Labute approximate surface area is 89.8 Å². The van der Waals surface area contributed by atoms with Gasteiger partial charge in [0.25, 0.3) is 0 Å². The molecule has 0 bridgehead atoms. The van der Waals surface area contributed by atoms with Gasteiger partial charge in [-0.1, -0.05) is 12.1 Å². The molecule has 16 heavy (non-hydrogen) atoms. The predicted molar refractivity (Wildman–Crippen MR) is 50.4 cm³/mol. The zero-order valence-corrected chi connectivity index (χ0v) is 8.00. The molecular formula is C10H9FO5. The molecule has 1 aromatic rings. The molecule has 0 aromatic heterocycles. The molecule has 0 radical (unpaired) electrons. The smallest absolute Gasteiger partial charge is 0.335 e. The van der Waals surface area contributed by atoms with Crippen LogP contribution in [-0.2, 0) is 4.79 Å². The highest BCUT2D eigenvalue weighted by atomic mass is 19.1. The fraction of sp³-hybridized carbons (Fsp3) is 0.200. The Balaban J connectivity index is 3.17. The first kappa shape index (κ1) is 12.3. The molecule has 1 aromatic carbocycles. The molecule has 86 valence electrons. The van der Waals surface area contributed by atoms with Gasteiger partial charge in [-0.15, -0.1) is 0 Å². The van der Waals surface area contributed by atoms with Gasteiger partial charge in [0.05, 0.1) is 5.56 Å². The van der Waals surface area contributed by atoms with E-state index in [-0.39, 0.29) is 11.8 Å². The van der Waals surface area contributed by atoms with Gasteiger partial charge in [-0.25, -0.2) is 9.18 Å². The maximum absolute atomic E-state index is 13.1. The lowest BCUT2D eigenvalue weighted by Gasteiger charge is -2.16. The van der Waals surface area contributed by atoms with Crippen molar-refractivity contribution in [2.45, 2.75) is 12.2 Å². The molecule has 0 saturated heterocycles. The van der Waals surface area contributed by atoms with Gasteiger partial charge in [-0.05, 0) is 11.6 Å². The van der Waals surface area contributed by atoms with Crippen LogP contribution in [0.15, 0.2) is 18.2 Å². The van der Waals surface area contributed by atoms with Crippen LogP contribution in [0.5, 0.6) is 0 Å². The summed E-state index contributed by atoms with van der Waals surface area (Å²) in [5.74, 6) is -2.54. The van der Waals surface area contributed by atoms with Gasteiger partial charge in [0.1, 0.15) is 11.9 Å². The van der Waals surface area contributed by atoms with Crippen molar-refractivity contribution in [2.75, 3.05) is 0 Å². The fourth-order valence-corrected chi connectivity index (χ4v) is 1.24. The number of benzene rings is 1. The number of aldehydes is 1. The summed E-state index contributed by atoms with van der Waals surface area (Å²) >= 11 is 0. The summed E-state index contributed by atoms with van der Waals surface area (Å²) < 4.78 is 13.1. The molecule has 0 aliphatic rings. The Bertz CT molecular complexity index is 418. The van der Waals surface area contributed by atoms with E-state index in [1.54, 1.807) is 0 Å². The second-order valence-corrected chi connectivity index (χ2v) is 3.09. The minimum Gasteiger partial charge on any atom is -0.479 e. The first-order chi connectivity index (χ1) is 7.49. The van der Waals surface area contributed by atoms with Crippen molar-refractivity contribution in [1.82, 2.24) is 0 Å². The van der Waals surface area contributed by atoms with Gasteiger partial charge >= 0.3 is 5.97 Å². The molecule has 1 rings (SSSR count). The molecule has 3 N–H and O–H groups in total. The SMILES string of the molecule is O=Cc1c(F)cccc1C(O)C(O)C(=O)O. The van der Waals surface area contributed by atoms with Crippen LogP contribution >= 0.6 is 0 Å². The topological polar surface area (TPSA) is 94.8 Å². The summed E-state index contributed by atoms with van der Waals surface area (Å²) in [4.78, 5) is 21.0. The maximum atomic E-state index is 13.1. The molecule has 0 aliphatic carbocycles. The van der Waals surface area contributed by atoms with E-state index in [4.69, 9.17) is 10.2 Å².